The van der Waals surface area contributed by atoms with Crippen molar-refractivity contribution in [1.29, 1.82) is 0 Å². The molecule has 2 rings (SSSR count). The number of hydrogen-bond acceptors (Lipinski definition) is 6. The Hall–Kier alpha value is -2.83. The summed E-state index contributed by atoms with van der Waals surface area (Å²) in [5.41, 5.74) is 0.789. The molecule has 1 amide bonds. The lowest BCUT2D eigenvalue weighted by molar-refractivity contribution is -0.137. The Morgan fingerprint density at radius 3 is 2.40 bits per heavy atom. The second kappa shape index (κ2) is 9.32. The molecule has 1 aromatic heterocycles. The number of ether oxygens (including phenoxy) is 2. The van der Waals surface area contributed by atoms with Gasteiger partial charge in [-0.3, -0.25) is 0 Å². The minimum Gasteiger partial charge on any atom is -0.444 e. The van der Waals surface area contributed by atoms with Crippen LogP contribution >= 0.6 is 0 Å². The second-order valence-electron chi connectivity index (χ2n) is 8.81. The maximum Gasteiger partial charge on any atom is 0.408 e. The Morgan fingerprint density at radius 2 is 1.83 bits per heavy atom. The topological polar surface area (TPSA) is 94.8 Å². The Balaban J connectivity index is 2.32. The number of esters is 1. The van der Waals surface area contributed by atoms with Crippen LogP contribution in [-0.4, -0.2) is 23.7 Å². The third-order valence-electron chi connectivity index (χ3n) is 4.41. The molecule has 2 aromatic rings. The average molecular weight is 418 g/mol. The van der Waals surface area contributed by atoms with Crippen molar-refractivity contribution < 1.29 is 23.5 Å². The van der Waals surface area contributed by atoms with E-state index in [1.54, 1.807) is 26.8 Å². The third kappa shape index (κ3) is 6.34. The first kappa shape index (κ1) is 23.4. The normalized spacial score (nSPS) is 12.7. The van der Waals surface area contributed by atoms with Crippen molar-refractivity contribution in [2.75, 3.05) is 0 Å². The van der Waals surface area contributed by atoms with Crippen molar-refractivity contribution in [3.05, 3.63) is 39.7 Å². The molecular weight excluding hydrogens is 386 g/mol. The summed E-state index contributed by atoms with van der Waals surface area (Å²) in [6.07, 6.45) is 0.327. The molecule has 0 saturated heterocycles. The van der Waals surface area contributed by atoms with Crippen LogP contribution in [0.25, 0.3) is 11.0 Å². The van der Waals surface area contributed by atoms with Gasteiger partial charge in [0.15, 0.2) is 0 Å². The molecule has 30 heavy (non-hydrogen) atoms. The SMILES string of the molecule is CCc1cc2c(C)cc(=O)oc2cc1OC(=O)[C@H](CC(C)C)NC(=O)OC(C)(C)C. The van der Waals surface area contributed by atoms with E-state index in [9.17, 15) is 14.4 Å². The predicted molar refractivity (Wildman–Crippen MR) is 115 cm³/mol. The molecule has 0 bridgehead atoms. The molecule has 7 heteroatoms. The highest BCUT2D eigenvalue weighted by Crippen LogP contribution is 2.28. The maximum absolute atomic E-state index is 12.9. The van der Waals surface area contributed by atoms with E-state index in [0.29, 0.717) is 24.2 Å². The van der Waals surface area contributed by atoms with E-state index in [0.717, 1.165) is 16.5 Å². The summed E-state index contributed by atoms with van der Waals surface area (Å²) < 4.78 is 16.2. The summed E-state index contributed by atoms with van der Waals surface area (Å²) in [5, 5.41) is 3.40. The number of carbonyl (C=O) groups is 2. The average Bonchev–Trinajstić information content (AvgIpc) is 2.58. The van der Waals surface area contributed by atoms with Gasteiger partial charge in [0.25, 0.3) is 0 Å². The first-order valence-corrected chi connectivity index (χ1v) is 10.2. The van der Waals surface area contributed by atoms with Gasteiger partial charge >= 0.3 is 17.7 Å². The molecule has 0 aliphatic carbocycles. The summed E-state index contributed by atoms with van der Waals surface area (Å²) >= 11 is 0. The fourth-order valence-corrected chi connectivity index (χ4v) is 3.08. The van der Waals surface area contributed by atoms with Crippen molar-refractivity contribution in [1.82, 2.24) is 5.32 Å². The molecule has 1 atom stereocenters. The van der Waals surface area contributed by atoms with Crippen molar-refractivity contribution in [2.24, 2.45) is 5.92 Å². The summed E-state index contributed by atoms with van der Waals surface area (Å²) in [6.45, 7) is 12.9. The van der Waals surface area contributed by atoms with Gasteiger partial charge < -0.3 is 19.2 Å². The van der Waals surface area contributed by atoms with E-state index in [1.165, 1.54) is 6.07 Å². The smallest absolute Gasteiger partial charge is 0.408 e. The predicted octanol–water partition coefficient (Wildman–Crippen LogP) is 4.51. The van der Waals surface area contributed by atoms with Gasteiger partial charge in [-0.15, -0.1) is 0 Å². The number of fused-ring (bicyclic) bond motifs is 1. The number of hydrogen-bond donors (Lipinski definition) is 1. The largest absolute Gasteiger partial charge is 0.444 e. The van der Waals surface area contributed by atoms with E-state index in [4.69, 9.17) is 13.9 Å². The Morgan fingerprint density at radius 1 is 1.17 bits per heavy atom. The van der Waals surface area contributed by atoms with Gasteiger partial charge in [0, 0.05) is 17.5 Å². The van der Waals surface area contributed by atoms with Gasteiger partial charge in [-0.25, -0.2) is 14.4 Å². The molecule has 7 nitrogen and oxygen atoms in total. The van der Waals surface area contributed by atoms with E-state index in [-0.39, 0.29) is 5.92 Å². The molecule has 1 heterocycles. The fraction of sp³-hybridized carbons (Fsp3) is 0.522. The molecule has 0 unspecified atom stereocenters. The summed E-state index contributed by atoms with van der Waals surface area (Å²) in [4.78, 5) is 36.8. The number of carbonyl (C=O) groups excluding carboxylic acids is 2. The number of amides is 1. The van der Waals surface area contributed by atoms with Crippen LogP contribution in [0.5, 0.6) is 5.75 Å². The summed E-state index contributed by atoms with van der Waals surface area (Å²) in [5.74, 6) is -0.150. The van der Waals surface area contributed by atoms with Crippen LogP contribution in [0, 0.1) is 12.8 Å². The standard InChI is InChI=1S/C23H31NO6/c1-8-15-11-16-14(4)10-20(25)28-19(16)12-18(15)29-21(26)17(9-13(2)3)24-22(27)30-23(5,6)7/h10-13,17H,8-9H2,1-7H3,(H,24,27)/t17-/m0/s1. The van der Waals surface area contributed by atoms with Crippen LogP contribution in [0.15, 0.2) is 27.4 Å². The summed E-state index contributed by atoms with van der Waals surface area (Å²) in [7, 11) is 0. The molecule has 1 aromatic carbocycles. The highest BCUT2D eigenvalue weighted by molar-refractivity contribution is 5.86. The Kier molecular flexibility index (Phi) is 7.29. The lowest BCUT2D eigenvalue weighted by Crippen LogP contribution is -2.45. The quantitative estimate of drug-likeness (QED) is 0.422. The first-order valence-electron chi connectivity index (χ1n) is 10.2. The van der Waals surface area contributed by atoms with Crippen molar-refractivity contribution in [2.45, 2.75) is 73.0 Å². The van der Waals surface area contributed by atoms with Gasteiger partial charge in [0.1, 0.15) is 23.0 Å². The Labute approximate surface area is 176 Å². The molecule has 0 aliphatic rings. The highest BCUT2D eigenvalue weighted by Gasteiger charge is 2.27. The molecule has 0 fully saturated rings. The lowest BCUT2D eigenvalue weighted by atomic mass is 10.0. The monoisotopic (exact) mass is 417 g/mol. The molecule has 1 N–H and O–H groups in total. The van der Waals surface area contributed by atoms with Gasteiger partial charge in [0.05, 0.1) is 0 Å². The fourth-order valence-electron chi connectivity index (χ4n) is 3.08. The molecule has 0 saturated carbocycles. The summed E-state index contributed by atoms with van der Waals surface area (Å²) in [6, 6.07) is 3.97. The number of nitrogens with one attached hydrogen (secondary N) is 1. The number of rotatable bonds is 6. The van der Waals surface area contributed by atoms with Gasteiger partial charge in [-0.2, -0.15) is 0 Å². The van der Waals surface area contributed by atoms with E-state index in [1.807, 2.05) is 33.8 Å². The minimum atomic E-state index is -0.871. The first-order chi connectivity index (χ1) is 13.9. The van der Waals surface area contributed by atoms with Crippen LogP contribution in [0.2, 0.25) is 0 Å². The molecule has 164 valence electrons. The van der Waals surface area contributed by atoms with E-state index in [2.05, 4.69) is 5.32 Å². The van der Waals surface area contributed by atoms with Crippen molar-refractivity contribution in [3.63, 3.8) is 0 Å². The third-order valence-corrected chi connectivity index (χ3v) is 4.41. The molecule has 0 radical (unpaired) electrons. The zero-order valence-electron chi connectivity index (χ0n) is 18.8. The van der Waals surface area contributed by atoms with Crippen LogP contribution < -0.4 is 15.7 Å². The minimum absolute atomic E-state index is 0.139. The zero-order chi connectivity index (χ0) is 22.6. The number of aryl methyl sites for hydroxylation is 2. The van der Waals surface area contributed by atoms with Crippen LogP contribution in [0.3, 0.4) is 0 Å². The van der Waals surface area contributed by atoms with Gasteiger partial charge in [-0.1, -0.05) is 20.8 Å². The Bertz CT molecular complexity index is 984. The lowest BCUT2D eigenvalue weighted by Gasteiger charge is -2.24. The van der Waals surface area contributed by atoms with E-state index < -0.39 is 29.3 Å². The molecule has 0 spiro atoms. The van der Waals surface area contributed by atoms with Crippen LogP contribution in [-0.2, 0) is 16.0 Å². The highest BCUT2D eigenvalue weighted by atomic mass is 16.6. The van der Waals surface area contributed by atoms with Crippen molar-refractivity contribution >= 4 is 23.0 Å². The zero-order valence-corrected chi connectivity index (χ0v) is 18.8. The van der Waals surface area contributed by atoms with Gasteiger partial charge in [0.2, 0.25) is 0 Å². The number of alkyl carbamates (subject to hydrolysis) is 1. The van der Waals surface area contributed by atoms with E-state index >= 15 is 0 Å². The number of benzene rings is 1. The van der Waals surface area contributed by atoms with Crippen LogP contribution in [0.1, 0.15) is 59.1 Å². The van der Waals surface area contributed by atoms with Crippen LogP contribution in [0.4, 0.5) is 4.79 Å². The molecule has 0 aliphatic heterocycles. The van der Waals surface area contributed by atoms with Gasteiger partial charge in [-0.05, 0) is 63.6 Å². The van der Waals surface area contributed by atoms with Crippen molar-refractivity contribution in [3.8, 4) is 5.75 Å². The second-order valence-corrected chi connectivity index (χ2v) is 8.81. The molecular formula is C23H31NO6. The maximum atomic E-state index is 12.9.